The summed E-state index contributed by atoms with van der Waals surface area (Å²) in [5.41, 5.74) is 12.9. The number of nitrogens with zero attached hydrogens (tertiary/aromatic N) is 4. The first-order chi connectivity index (χ1) is 31.0. The van der Waals surface area contributed by atoms with E-state index in [0.29, 0.717) is 17.6 Å². The highest BCUT2D eigenvalue weighted by Gasteiger charge is 2.37. The smallest absolute Gasteiger partial charge is 0.238 e. The van der Waals surface area contributed by atoms with E-state index in [0.717, 1.165) is 82.0 Å². The molecule has 0 amide bonds. The van der Waals surface area contributed by atoms with E-state index in [9.17, 15) is 0 Å². The number of furan rings is 1. The summed E-state index contributed by atoms with van der Waals surface area (Å²) in [6.07, 6.45) is 0. The summed E-state index contributed by atoms with van der Waals surface area (Å²) in [6.45, 7) is 8.68. The molecule has 0 saturated heterocycles. The van der Waals surface area contributed by atoms with Crippen molar-refractivity contribution in [2.45, 2.75) is 33.1 Å². The average molecular weight is 811 g/mol. The highest BCUT2D eigenvalue weighted by molar-refractivity contribution is 6.21. The van der Waals surface area contributed by atoms with Crippen molar-refractivity contribution in [3.8, 4) is 51.0 Å². The van der Waals surface area contributed by atoms with E-state index in [4.69, 9.17) is 19.4 Å². The molecule has 9 aromatic carbocycles. The number of fused-ring (bicyclic) bond motifs is 12. The van der Waals surface area contributed by atoms with Gasteiger partial charge in [0.1, 0.15) is 11.2 Å². The van der Waals surface area contributed by atoms with Gasteiger partial charge in [-0.15, -0.1) is 0 Å². The number of para-hydroxylation sites is 2. The standard InChI is InChI=1S/C56H36N4O.C2H6/c1-56(2)46-22-9-7-18-45(46)50-41(19-12-23-47(50)56)42-20-11-21-43-44-30-27-34-14-5-6-16-38(34)51(44)60(52(42)43)55-58-53(36-26-25-33-13-3-4-15-35(33)31-36)57-54(59-55)37-28-29-40-39-17-8-10-24-48(39)61-49(40)32-37;1-2/h3-32H,1-2H3;1-2H3. The SMILES string of the molecule is CC.CC1(C)c2ccccc2-c2c(-c3cccc4c5ccc6ccccc6c5n(-c5nc(-c6ccc7ccccc7c6)nc(-c6ccc7c(c6)oc6ccccc67)n5)c34)cccc21. The van der Waals surface area contributed by atoms with Crippen molar-refractivity contribution in [3.63, 3.8) is 0 Å². The van der Waals surface area contributed by atoms with Crippen LogP contribution in [-0.4, -0.2) is 19.5 Å². The molecule has 0 fully saturated rings. The summed E-state index contributed by atoms with van der Waals surface area (Å²) >= 11 is 0. The fourth-order valence-electron chi connectivity index (χ4n) is 10.1. The number of hydrogen-bond donors (Lipinski definition) is 0. The van der Waals surface area contributed by atoms with Crippen molar-refractivity contribution >= 4 is 65.3 Å². The minimum Gasteiger partial charge on any atom is -0.456 e. The highest BCUT2D eigenvalue weighted by atomic mass is 16.3. The van der Waals surface area contributed by atoms with E-state index >= 15 is 0 Å². The van der Waals surface area contributed by atoms with E-state index in [1.807, 2.05) is 32.0 Å². The second-order valence-electron chi connectivity index (χ2n) is 16.8. The average Bonchev–Trinajstić information content (AvgIpc) is 3.97. The van der Waals surface area contributed by atoms with Crippen molar-refractivity contribution < 1.29 is 4.42 Å². The lowest BCUT2D eigenvalue weighted by Crippen LogP contribution is -2.14. The van der Waals surface area contributed by atoms with Crippen LogP contribution in [0.1, 0.15) is 38.8 Å². The van der Waals surface area contributed by atoms with Crippen LogP contribution >= 0.6 is 0 Å². The third-order valence-corrected chi connectivity index (χ3v) is 13.0. The molecule has 63 heavy (non-hydrogen) atoms. The lowest BCUT2D eigenvalue weighted by molar-refractivity contribution is 0.660. The van der Waals surface area contributed by atoms with E-state index < -0.39 is 0 Å². The lowest BCUT2D eigenvalue weighted by Gasteiger charge is -2.21. The van der Waals surface area contributed by atoms with Crippen molar-refractivity contribution in [1.82, 2.24) is 19.5 Å². The Hall–Kier alpha value is -7.89. The molecule has 1 aliphatic carbocycles. The molecule has 5 heteroatoms. The van der Waals surface area contributed by atoms with Gasteiger partial charge in [-0.2, -0.15) is 9.97 Å². The molecule has 3 aromatic heterocycles. The van der Waals surface area contributed by atoms with Crippen LogP contribution in [0, 0.1) is 0 Å². The molecule has 13 rings (SSSR count). The Morgan fingerprint density at radius 1 is 0.413 bits per heavy atom. The Morgan fingerprint density at radius 3 is 1.84 bits per heavy atom. The third kappa shape index (κ3) is 5.52. The largest absolute Gasteiger partial charge is 0.456 e. The minimum absolute atomic E-state index is 0.141. The molecular formula is C58H42N4O. The Morgan fingerprint density at radius 2 is 0.984 bits per heavy atom. The van der Waals surface area contributed by atoms with Gasteiger partial charge in [-0.3, -0.25) is 4.57 Å². The first-order valence-electron chi connectivity index (χ1n) is 21.9. The second kappa shape index (κ2) is 14.1. The Balaban J connectivity index is 0.00000208. The Kier molecular flexibility index (Phi) is 8.25. The van der Waals surface area contributed by atoms with Gasteiger partial charge in [-0.05, 0) is 68.2 Å². The summed E-state index contributed by atoms with van der Waals surface area (Å²) in [6, 6.07) is 64.8. The van der Waals surface area contributed by atoms with Gasteiger partial charge in [0.05, 0.1) is 11.0 Å². The van der Waals surface area contributed by atoms with Gasteiger partial charge in [0.2, 0.25) is 5.95 Å². The van der Waals surface area contributed by atoms with Gasteiger partial charge in [-0.25, -0.2) is 4.98 Å². The Labute approximate surface area is 365 Å². The van der Waals surface area contributed by atoms with Gasteiger partial charge in [0, 0.05) is 49.0 Å². The minimum atomic E-state index is -0.141. The highest BCUT2D eigenvalue weighted by Crippen LogP contribution is 2.53. The third-order valence-electron chi connectivity index (χ3n) is 13.0. The molecule has 0 atom stereocenters. The number of aromatic nitrogens is 4. The zero-order valence-electron chi connectivity index (χ0n) is 35.5. The molecule has 3 heterocycles. The summed E-state index contributed by atoms with van der Waals surface area (Å²) in [4.78, 5) is 16.2. The predicted octanol–water partition coefficient (Wildman–Crippen LogP) is 15.5. The molecule has 0 spiro atoms. The zero-order valence-corrected chi connectivity index (χ0v) is 35.5. The molecule has 5 nitrogen and oxygen atoms in total. The fourth-order valence-corrected chi connectivity index (χ4v) is 10.1. The molecule has 0 radical (unpaired) electrons. The molecule has 0 saturated carbocycles. The van der Waals surface area contributed by atoms with E-state index in [1.165, 1.54) is 27.8 Å². The summed E-state index contributed by atoms with van der Waals surface area (Å²) < 4.78 is 8.72. The fraction of sp³-hybridized carbons (Fsp3) is 0.0862. The molecular weight excluding hydrogens is 769 g/mol. The molecule has 300 valence electrons. The maximum Gasteiger partial charge on any atom is 0.238 e. The van der Waals surface area contributed by atoms with E-state index in [2.05, 4.69) is 182 Å². The van der Waals surface area contributed by atoms with Crippen molar-refractivity contribution in [1.29, 1.82) is 0 Å². The van der Waals surface area contributed by atoms with Gasteiger partial charge >= 0.3 is 0 Å². The van der Waals surface area contributed by atoms with Crippen LogP contribution in [0.5, 0.6) is 0 Å². The lowest BCUT2D eigenvalue weighted by atomic mass is 9.82. The first kappa shape index (κ1) is 36.9. The van der Waals surface area contributed by atoms with Crippen molar-refractivity contribution in [2.24, 2.45) is 0 Å². The molecule has 0 aliphatic heterocycles. The van der Waals surface area contributed by atoms with Crippen LogP contribution in [0.3, 0.4) is 0 Å². The van der Waals surface area contributed by atoms with E-state index in [1.54, 1.807) is 0 Å². The van der Waals surface area contributed by atoms with Crippen LogP contribution in [0.25, 0.3) is 116 Å². The maximum absolute atomic E-state index is 6.41. The van der Waals surface area contributed by atoms with Gasteiger partial charge < -0.3 is 4.42 Å². The monoisotopic (exact) mass is 810 g/mol. The van der Waals surface area contributed by atoms with Crippen LogP contribution in [0.4, 0.5) is 0 Å². The van der Waals surface area contributed by atoms with Crippen LogP contribution < -0.4 is 0 Å². The maximum atomic E-state index is 6.41. The van der Waals surface area contributed by atoms with Gasteiger partial charge in [0.25, 0.3) is 0 Å². The molecule has 0 bridgehead atoms. The molecule has 1 aliphatic rings. The van der Waals surface area contributed by atoms with Crippen LogP contribution in [0.2, 0.25) is 0 Å². The molecule has 0 N–H and O–H groups in total. The quantitative estimate of drug-likeness (QED) is 0.178. The second-order valence-corrected chi connectivity index (χ2v) is 16.8. The molecule has 0 unspecified atom stereocenters. The van der Waals surface area contributed by atoms with Crippen LogP contribution in [-0.2, 0) is 5.41 Å². The summed E-state index contributed by atoms with van der Waals surface area (Å²) in [5.74, 6) is 1.72. The zero-order chi connectivity index (χ0) is 42.4. The summed E-state index contributed by atoms with van der Waals surface area (Å²) in [5, 5.41) is 8.98. The van der Waals surface area contributed by atoms with Crippen molar-refractivity contribution in [2.75, 3.05) is 0 Å². The first-order valence-corrected chi connectivity index (χ1v) is 21.9. The molecule has 12 aromatic rings. The normalized spacial score (nSPS) is 12.9. The van der Waals surface area contributed by atoms with Gasteiger partial charge in [-0.1, -0.05) is 185 Å². The number of rotatable bonds is 4. The van der Waals surface area contributed by atoms with Crippen molar-refractivity contribution in [3.05, 3.63) is 193 Å². The summed E-state index contributed by atoms with van der Waals surface area (Å²) in [7, 11) is 0. The topological polar surface area (TPSA) is 56.7 Å². The van der Waals surface area contributed by atoms with Crippen LogP contribution in [0.15, 0.2) is 186 Å². The number of benzene rings is 9. The Bertz CT molecular complexity index is 3810. The predicted molar refractivity (Wildman–Crippen MR) is 262 cm³/mol. The number of hydrogen-bond acceptors (Lipinski definition) is 4. The van der Waals surface area contributed by atoms with E-state index in [-0.39, 0.29) is 5.41 Å². The van der Waals surface area contributed by atoms with Gasteiger partial charge in [0.15, 0.2) is 11.6 Å².